The lowest BCUT2D eigenvalue weighted by atomic mass is 10.4. The number of carbonyl (C=O) groups is 2. The Morgan fingerprint density at radius 2 is 1.88 bits per heavy atom. The summed E-state index contributed by atoms with van der Waals surface area (Å²) in [5.74, 6) is -1.06. The molecule has 0 bridgehead atoms. The van der Waals surface area contributed by atoms with Crippen molar-refractivity contribution >= 4 is 12.0 Å². The van der Waals surface area contributed by atoms with Crippen LogP contribution in [-0.4, -0.2) is 43.4 Å². The molecule has 16 heavy (non-hydrogen) atoms. The number of aliphatic carboxylic acids is 1. The first kappa shape index (κ1) is 14.7. The molecule has 0 aliphatic heterocycles. The smallest absolute Gasteiger partial charge is 0.323 e. The molecule has 0 saturated carbocycles. The summed E-state index contributed by atoms with van der Waals surface area (Å²) >= 11 is 0. The van der Waals surface area contributed by atoms with E-state index in [0.717, 1.165) is 25.9 Å². The molecule has 6 heteroatoms. The van der Waals surface area contributed by atoms with E-state index in [-0.39, 0.29) is 6.54 Å². The molecular formula is C10H20N2O4. The highest BCUT2D eigenvalue weighted by atomic mass is 16.5. The number of amides is 2. The Kier molecular flexibility index (Phi) is 9.39. The second-order valence-electron chi connectivity index (χ2n) is 3.32. The van der Waals surface area contributed by atoms with E-state index in [0.29, 0.717) is 13.2 Å². The summed E-state index contributed by atoms with van der Waals surface area (Å²) in [6.07, 6.45) is 2.88. The van der Waals surface area contributed by atoms with Crippen molar-refractivity contribution in [2.24, 2.45) is 0 Å². The van der Waals surface area contributed by atoms with E-state index >= 15 is 0 Å². The van der Waals surface area contributed by atoms with Crippen LogP contribution in [-0.2, 0) is 9.53 Å². The number of hydrogen-bond acceptors (Lipinski definition) is 3. The van der Waals surface area contributed by atoms with Crippen molar-refractivity contribution in [3.63, 3.8) is 0 Å². The second kappa shape index (κ2) is 10.2. The fraction of sp³-hybridized carbons (Fsp3) is 0.800. The largest absolute Gasteiger partial charge is 0.480 e. The first-order valence-electron chi connectivity index (χ1n) is 5.48. The highest BCUT2D eigenvalue weighted by Crippen LogP contribution is 1.88. The first-order valence-corrected chi connectivity index (χ1v) is 5.48. The average molecular weight is 232 g/mol. The van der Waals surface area contributed by atoms with Crippen LogP contribution in [0.2, 0.25) is 0 Å². The Labute approximate surface area is 95.4 Å². The van der Waals surface area contributed by atoms with Gasteiger partial charge in [0, 0.05) is 19.8 Å². The zero-order chi connectivity index (χ0) is 12.2. The second-order valence-corrected chi connectivity index (χ2v) is 3.32. The molecule has 2 amide bonds. The van der Waals surface area contributed by atoms with Crippen LogP contribution in [0, 0.1) is 0 Å². The van der Waals surface area contributed by atoms with Gasteiger partial charge >= 0.3 is 12.0 Å². The van der Waals surface area contributed by atoms with Crippen molar-refractivity contribution in [3.05, 3.63) is 0 Å². The Balaban J connectivity index is 3.18. The van der Waals surface area contributed by atoms with E-state index < -0.39 is 12.0 Å². The normalized spacial score (nSPS) is 9.81. The zero-order valence-corrected chi connectivity index (χ0v) is 9.62. The molecule has 0 aromatic rings. The predicted octanol–water partition coefficient (Wildman–Crippen LogP) is 0.577. The standard InChI is InChI=1S/C10H20N2O4/c1-2-3-6-16-7-4-5-11-10(15)12-8-9(13)14/h2-8H2,1H3,(H,13,14)(H2,11,12,15). The van der Waals surface area contributed by atoms with Gasteiger partial charge in [0.25, 0.3) is 0 Å². The molecule has 94 valence electrons. The number of hydrogen-bond donors (Lipinski definition) is 3. The molecule has 0 aliphatic rings. The van der Waals surface area contributed by atoms with Gasteiger partial charge in [-0.25, -0.2) is 4.79 Å². The van der Waals surface area contributed by atoms with Crippen LogP contribution in [0.4, 0.5) is 4.79 Å². The fourth-order valence-corrected chi connectivity index (χ4v) is 0.943. The Hall–Kier alpha value is -1.30. The zero-order valence-electron chi connectivity index (χ0n) is 9.62. The van der Waals surface area contributed by atoms with Gasteiger partial charge in [-0.1, -0.05) is 13.3 Å². The molecule has 0 aliphatic carbocycles. The molecule has 0 saturated heterocycles. The van der Waals surface area contributed by atoms with E-state index in [2.05, 4.69) is 17.6 Å². The van der Waals surface area contributed by atoms with Crippen molar-refractivity contribution in [3.8, 4) is 0 Å². The van der Waals surface area contributed by atoms with Crippen molar-refractivity contribution in [1.29, 1.82) is 0 Å². The third kappa shape index (κ3) is 10.8. The van der Waals surface area contributed by atoms with E-state index in [1.807, 2.05) is 0 Å². The lowest BCUT2D eigenvalue weighted by molar-refractivity contribution is -0.135. The Bertz CT molecular complexity index is 209. The number of rotatable bonds is 9. The van der Waals surface area contributed by atoms with Crippen LogP contribution in [0.15, 0.2) is 0 Å². The number of carboxylic acid groups (broad SMARTS) is 1. The number of carboxylic acids is 1. The summed E-state index contributed by atoms with van der Waals surface area (Å²) in [5, 5.41) is 13.0. The van der Waals surface area contributed by atoms with E-state index in [1.54, 1.807) is 0 Å². The van der Waals surface area contributed by atoms with Crippen molar-refractivity contribution in [2.75, 3.05) is 26.3 Å². The van der Waals surface area contributed by atoms with Crippen molar-refractivity contribution < 1.29 is 19.4 Å². The van der Waals surface area contributed by atoms with Crippen LogP contribution in [0.1, 0.15) is 26.2 Å². The molecule has 0 aromatic carbocycles. The van der Waals surface area contributed by atoms with Gasteiger partial charge in [-0.05, 0) is 12.8 Å². The molecule has 0 fully saturated rings. The minimum absolute atomic E-state index is 0.362. The van der Waals surface area contributed by atoms with Crippen LogP contribution in [0.5, 0.6) is 0 Å². The third-order valence-corrected chi connectivity index (χ3v) is 1.79. The summed E-state index contributed by atoms with van der Waals surface area (Å²) in [6, 6.07) is -0.462. The molecule has 3 N–H and O–H groups in total. The highest BCUT2D eigenvalue weighted by molar-refractivity contribution is 5.79. The van der Waals surface area contributed by atoms with Gasteiger partial charge in [-0.15, -0.1) is 0 Å². The maximum Gasteiger partial charge on any atom is 0.323 e. The summed E-state index contributed by atoms with van der Waals surface area (Å²) in [5.41, 5.74) is 0. The van der Waals surface area contributed by atoms with Crippen LogP contribution in [0.25, 0.3) is 0 Å². The minimum atomic E-state index is -1.06. The molecule has 0 atom stereocenters. The molecule has 0 heterocycles. The SMILES string of the molecule is CCCCOCCCNC(=O)NCC(=O)O. The summed E-state index contributed by atoms with van der Waals surface area (Å²) in [4.78, 5) is 21.1. The van der Waals surface area contributed by atoms with E-state index in [9.17, 15) is 9.59 Å². The summed E-state index contributed by atoms with van der Waals surface area (Å²) in [6.45, 7) is 3.58. The molecule has 0 spiro atoms. The Morgan fingerprint density at radius 1 is 1.19 bits per heavy atom. The van der Waals surface area contributed by atoms with Gasteiger partial charge in [-0.3, -0.25) is 4.79 Å². The monoisotopic (exact) mass is 232 g/mol. The lowest BCUT2D eigenvalue weighted by Crippen LogP contribution is -2.39. The quantitative estimate of drug-likeness (QED) is 0.507. The lowest BCUT2D eigenvalue weighted by Gasteiger charge is -2.06. The molecule has 0 rings (SSSR count). The van der Waals surface area contributed by atoms with Crippen LogP contribution >= 0.6 is 0 Å². The van der Waals surface area contributed by atoms with E-state index in [1.165, 1.54) is 0 Å². The first-order chi connectivity index (χ1) is 7.66. The van der Waals surface area contributed by atoms with Crippen molar-refractivity contribution in [2.45, 2.75) is 26.2 Å². The highest BCUT2D eigenvalue weighted by Gasteiger charge is 2.01. The number of urea groups is 1. The molecule has 0 unspecified atom stereocenters. The van der Waals surface area contributed by atoms with Gasteiger partial charge in [-0.2, -0.15) is 0 Å². The molecule has 0 radical (unpaired) electrons. The van der Waals surface area contributed by atoms with Gasteiger partial charge in [0.05, 0.1) is 0 Å². The van der Waals surface area contributed by atoms with Gasteiger partial charge in [0.15, 0.2) is 0 Å². The molecular weight excluding hydrogens is 212 g/mol. The fourth-order valence-electron chi connectivity index (χ4n) is 0.943. The maximum absolute atomic E-state index is 11.0. The van der Waals surface area contributed by atoms with Gasteiger partial charge in [0.2, 0.25) is 0 Å². The summed E-state index contributed by atoms with van der Waals surface area (Å²) in [7, 11) is 0. The topological polar surface area (TPSA) is 87.7 Å². The van der Waals surface area contributed by atoms with Crippen LogP contribution < -0.4 is 10.6 Å². The molecule has 0 aromatic heterocycles. The number of carbonyl (C=O) groups excluding carboxylic acids is 1. The van der Waals surface area contributed by atoms with Gasteiger partial charge in [0.1, 0.15) is 6.54 Å². The minimum Gasteiger partial charge on any atom is -0.480 e. The van der Waals surface area contributed by atoms with E-state index in [4.69, 9.17) is 9.84 Å². The number of nitrogens with one attached hydrogen (secondary N) is 2. The van der Waals surface area contributed by atoms with Crippen molar-refractivity contribution in [1.82, 2.24) is 10.6 Å². The number of ether oxygens (including phenoxy) is 1. The number of unbranched alkanes of at least 4 members (excludes halogenated alkanes) is 1. The predicted molar refractivity (Wildman–Crippen MR) is 59.4 cm³/mol. The van der Waals surface area contributed by atoms with Crippen LogP contribution in [0.3, 0.4) is 0 Å². The average Bonchev–Trinajstić information content (AvgIpc) is 2.25. The Morgan fingerprint density at radius 3 is 2.50 bits per heavy atom. The van der Waals surface area contributed by atoms with Gasteiger partial charge < -0.3 is 20.5 Å². The maximum atomic E-state index is 11.0. The molecule has 6 nitrogen and oxygen atoms in total. The summed E-state index contributed by atoms with van der Waals surface area (Å²) < 4.78 is 5.29. The third-order valence-electron chi connectivity index (χ3n) is 1.79.